The Morgan fingerprint density at radius 3 is 2.82 bits per heavy atom. The van der Waals surface area contributed by atoms with Crippen molar-refractivity contribution in [3.05, 3.63) is 26.6 Å². The standard InChI is InChI=1S/C11H13N3O2S/c1-5-6(2)17-11-9(5)10(16)13-7(14-11)4-8(15)12-3/h4H2,1-3H3,(H,12,15)(H,13,14,16). The topological polar surface area (TPSA) is 74.8 Å². The van der Waals surface area contributed by atoms with Gasteiger partial charge in [0.15, 0.2) is 0 Å². The Balaban J connectivity index is 2.56. The van der Waals surface area contributed by atoms with Crippen LogP contribution in [0.1, 0.15) is 16.3 Å². The second-order valence-electron chi connectivity index (χ2n) is 3.83. The number of thiophene rings is 1. The van der Waals surface area contributed by atoms with Gasteiger partial charge < -0.3 is 10.3 Å². The van der Waals surface area contributed by atoms with Crippen molar-refractivity contribution in [1.82, 2.24) is 15.3 Å². The van der Waals surface area contributed by atoms with Gasteiger partial charge in [-0.05, 0) is 19.4 Å². The van der Waals surface area contributed by atoms with Crippen LogP contribution in [0.3, 0.4) is 0 Å². The van der Waals surface area contributed by atoms with Crippen LogP contribution in [0.25, 0.3) is 10.2 Å². The number of amides is 1. The highest BCUT2D eigenvalue weighted by Gasteiger charge is 2.12. The van der Waals surface area contributed by atoms with Crippen molar-refractivity contribution in [2.24, 2.45) is 0 Å². The van der Waals surface area contributed by atoms with E-state index in [1.54, 1.807) is 7.05 Å². The molecule has 2 N–H and O–H groups in total. The smallest absolute Gasteiger partial charge is 0.259 e. The molecule has 17 heavy (non-hydrogen) atoms. The van der Waals surface area contributed by atoms with E-state index in [4.69, 9.17) is 0 Å². The van der Waals surface area contributed by atoms with Gasteiger partial charge in [-0.2, -0.15) is 0 Å². The van der Waals surface area contributed by atoms with Gasteiger partial charge in [0.25, 0.3) is 5.56 Å². The van der Waals surface area contributed by atoms with Gasteiger partial charge in [-0.25, -0.2) is 4.98 Å². The molecule has 1 amide bonds. The summed E-state index contributed by atoms with van der Waals surface area (Å²) in [7, 11) is 1.55. The van der Waals surface area contributed by atoms with E-state index in [0.29, 0.717) is 16.0 Å². The molecule has 0 radical (unpaired) electrons. The number of carbonyl (C=O) groups is 1. The average Bonchev–Trinajstić information content (AvgIpc) is 2.54. The number of nitrogens with one attached hydrogen (secondary N) is 2. The Kier molecular flexibility index (Phi) is 2.97. The van der Waals surface area contributed by atoms with E-state index in [-0.39, 0.29) is 17.9 Å². The van der Waals surface area contributed by atoms with Crippen molar-refractivity contribution in [3.8, 4) is 0 Å². The minimum Gasteiger partial charge on any atom is -0.359 e. The van der Waals surface area contributed by atoms with Crippen molar-refractivity contribution in [2.75, 3.05) is 7.05 Å². The fourth-order valence-corrected chi connectivity index (χ4v) is 2.67. The number of nitrogens with zero attached hydrogens (tertiary/aromatic N) is 1. The first-order chi connectivity index (χ1) is 8.02. The van der Waals surface area contributed by atoms with E-state index in [9.17, 15) is 9.59 Å². The van der Waals surface area contributed by atoms with Gasteiger partial charge in [0, 0.05) is 11.9 Å². The zero-order valence-electron chi connectivity index (χ0n) is 9.88. The lowest BCUT2D eigenvalue weighted by molar-refractivity contribution is -0.120. The molecule has 0 atom stereocenters. The van der Waals surface area contributed by atoms with E-state index in [1.165, 1.54) is 11.3 Å². The molecule has 0 bridgehead atoms. The number of H-pyrrole nitrogens is 1. The van der Waals surface area contributed by atoms with Gasteiger partial charge in [0.2, 0.25) is 5.91 Å². The van der Waals surface area contributed by atoms with E-state index < -0.39 is 0 Å². The van der Waals surface area contributed by atoms with E-state index in [2.05, 4.69) is 15.3 Å². The first-order valence-corrected chi connectivity index (χ1v) is 6.04. The number of hydrogen-bond donors (Lipinski definition) is 2. The van der Waals surface area contributed by atoms with E-state index >= 15 is 0 Å². The summed E-state index contributed by atoms with van der Waals surface area (Å²) in [5.74, 6) is 0.237. The zero-order chi connectivity index (χ0) is 12.6. The highest BCUT2D eigenvalue weighted by molar-refractivity contribution is 7.18. The van der Waals surface area contributed by atoms with Crippen LogP contribution in [0, 0.1) is 13.8 Å². The monoisotopic (exact) mass is 251 g/mol. The summed E-state index contributed by atoms with van der Waals surface area (Å²) in [6, 6.07) is 0. The van der Waals surface area contributed by atoms with Gasteiger partial charge in [-0.3, -0.25) is 9.59 Å². The summed E-state index contributed by atoms with van der Waals surface area (Å²) in [6.45, 7) is 3.86. The number of hydrogen-bond acceptors (Lipinski definition) is 4. The van der Waals surface area contributed by atoms with Gasteiger partial charge in [0.05, 0.1) is 11.8 Å². The van der Waals surface area contributed by atoms with Gasteiger partial charge in [-0.1, -0.05) is 0 Å². The third kappa shape index (κ3) is 2.08. The van der Waals surface area contributed by atoms with Crippen molar-refractivity contribution >= 4 is 27.5 Å². The highest BCUT2D eigenvalue weighted by Crippen LogP contribution is 2.25. The molecule has 0 aliphatic heterocycles. The van der Waals surface area contributed by atoms with Crippen molar-refractivity contribution in [2.45, 2.75) is 20.3 Å². The maximum atomic E-state index is 11.9. The number of rotatable bonds is 2. The minimum atomic E-state index is -0.171. The van der Waals surface area contributed by atoms with Gasteiger partial charge in [-0.15, -0.1) is 11.3 Å². The zero-order valence-corrected chi connectivity index (χ0v) is 10.7. The largest absolute Gasteiger partial charge is 0.359 e. The fourth-order valence-electron chi connectivity index (χ4n) is 1.62. The Morgan fingerprint density at radius 2 is 2.18 bits per heavy atom. The second kappa shape index (κ2) is 4.29. The number of fused-ring (bicyclic) bond motifs is 1. The maximum Gasteiger partial charge on any atom is 0.259 e. The molecule has 90 valence electrons. The molecule has 2 heterocycles. The fraction of sp³-hybridized carbons (Fsp3) is 0.364. The van der Waals surface area contributed by atoms with E-state index in [0.717, 1.165) is 10.4 Å². The van der Waals surface area contributed by atoms with Crippen molar-refractivity contribution in [1.29, 1.82) is 0 Å². The molecule has 5 nitrogen and oxygen atoms in total. The van der Waals surface area contributed by atoms with Crippen LogP contribution in [0.2, 0.25) is 0 Å². The molecule has 0 unspecified atom stereocenters. The molecule has 0 saturated carbocycles. The van der Waals surface area contributed by atoms with Gasteiger partial charge in [0.1, 0.15) is 10.7 Å². The van der Waals surface area contributed by atoms with Crippen LogP contribution in [-0.2, 0) is 11.2 Å². The lowest BCUT2D eigenvalue weighted by atomic mass is 10.2. The van der Waals surface area contributed by atoms with Crippen LogP contribution in [0.5, 0.6) is 0 Å². The summed E-state index contributed by atoms with van der Waals surface area (Å²) in [6.07, 6.45) is 0.0949. The number of aryl methyl sites for hydroxylation is 2. The summed E-state index contributed by atoms with van der Waals surface area (Å²) in [5, 5.41) is 3.13. The molecule has 0 aliphatic carbocycles. The number of aromatic amines is 1. The molecule has 0 saturated heterocycles. The summed E-state index contributed by atoms with van der Waals surface area (Å²) in [5.41, 5.74) is 0.793. The molecule has 0 aliphatic rings. The third-order valence-electron chi connectivity index (χ3n) is 2.69. The Bertz CT molecular complexity index is 642. The molecular formula is C11H13N3O2S. The quantitative estimate of drug-likeness (QED) is 0.832. The summed E-state index contributed by atoms with van der Waals surface area (Å²) < 4.78 is 0. The summed E-state index contributed by atoms with van der Waals surface area (Å²) >= 11 is 1.48. The summed E-state index contributed by atoms with van der Waals surface area (Å²) in [4.78, 5) is 31.8. The van der Waals surface area contributed by atoms with Crippen LogP contribution >= 0.6 is 11.3 Å². The average molecular weight is 251 g/mol. The Labute approximate surface area is 102 Å². The molecule has 2 rings (SSSR count). The maximum absolute atomic E-state index is 11.9. The predicted octanol–water partition coefficient (Wildman–Crippen LogP) is 0.890. The van der Waals surface area contributed by atoms with Crippen LogP contribution in [-0.4, -0.2) is 22.9 Å². The molecule has 0 fully saturated rings. The van der Waals surface area contributed by atoms with Crippen LogP contribution in [0.15, 0.2) is 4.79 Å². The highest BCUT2D eigenvalue weighted by atomic mass is 32.1. The molecular weight excluding hydrogens is 238 g/mol. The molecule has 0 aromatic carbocycles. The first-order valence-electron chi connectivity index (χ1n) is 5.22. The lowest BCUT2D eigenvalue weighted by Crippen LogP contribution is -2.23. The Hall–Kier alpha value is -1.69. The van der Waals surface area contributed by atoms with Crippen molar-refractivity contribution < 1.29 is 4.79 Å². The van der Waals surface area contributed by atoms with E-state index in [1.807, 2.05) is 13.8 Å². The third-order valence-corrected chi connectivity index (χ3v) is 3.80. The predicted molar refractivity (Wildman–Crippen MR) is 67.5 cm³/mol. The minimum absolute atomic E-state index is 0.0949. The molecule has 2 aromatic rings. The van der Waals surface area contributed by atoms with Gasteiger partial charge >= 0.3 is 0 Å². The number of likely N-dealkylation sites (N-methyl/N-ethyl adjacent to an activating group) is 1. The number of carbonyl (C=O) groups excluding carboxylic acids is 1. The number of aromatic nitrogens is 2. The molecule has 6 heteroatoms. The SMILES string of the molecule is CNC(=O)Cc1nc2sc(C)c(C)c2c(=O)[nH]1. The lowest BCUT2D eigenvalue weighted by Gasteiger charge is -1.99. The molecule has 0 spiro atoms. The second-order valence-corrected chi connectivity index (χ2v) is 5.03. The Morgan fingerprint density at radius 1 is 1.47 bits per heavy atom. The van der Waals surface area contributed by atoms with Crippen molar-refractivity contribution in [3.63, 3.8) is 0 Å². The molecule has 2 aromatic heterocycles. The first kappa shape index (κ1) is 11.8. The van der Waals surface area contributed by atoms with Crippen LogP contribution < -0.4 is 10.9 Å². The normalized spacial score (nSPS) is 10.8. The van der Waals surface area contributed by atoms with Crippen LogP contribution in [0.4, 0.5) is 0 Å².